The molecule has 2 N–H and O–H groups in total. The molecule has 0 bridgehead atoms. The molecule has 2 heterocycles. The van der Waals surface area contributed by atoms with E-state index in [9.17, 15) is 14.4 Å². The number of nitrogens with zero attached hydrogens (tertiary/aromatic N) is 2. The van der Waals surface area contributed by atoms with Crippen molar-refractivity contribution < 1.29 is 23.5 Å². The van der Waals surface area contributed by atoms with Crippen LogP contribution in [0.4, 0.5) is 5.69 Å². The van der Waals surface area contributed by atoms with Crippen LogP contribution in [0.15, 0.2) is 57.8 Å². The molecule has 1 aromatic heterocycles. The predicted molar refractivity (Wildman–Crippen MR) is 107 cm³/mol. The summed E-state index contributed by atoms with van der Waals surface area (Å²) in [6, 6.07) is 12.7. The monoisotopic (exact) mass is 429 g/mol. The molecule has 1 unspecified atom stereocenters. The van der Waals surface area contributed by atoms with Gasteiger partial charge in [-0.05, 0) is 46.4 Å². The van der Waals surface area contributed by atoms with Crippen molar-refractivity contribution in [2.75, 3.05) is 12.0 Å². The van der Waals surface area contributed by atoms with Crippen LogP contribution in [0.1, 0.15) is 12.1 Å². The number of nitrogens with one attached hydrogen (secondary N) is 2. The number of ether oxygens (including phenoxy) is 1. The lowest BCUT2D eigenvalue weighted by molar-refractivity contribution is -0.677. The predicted octanol–water partition coefficient (Wildman–Crippen LogP) is 1.33. The van der Waals surface area contributed by atoms with Gasteiger partial charge >= 0.3 is 11.3 Å². The molecule has 0 aliphatic carbocycles. The van der Waals surface area contributed by atoms with Crippen LogP contribution in [0.25, 0.3) is 5.69 Å². The van der Waals surface area contributed by atoms with Gasteiger partial charge in [0.2, 0.25) is 11.6 Å². The Morgan fingerprint density at radius 3 is 2.53 bits per heavy atom. The summed E-state index contributed by atoms with van der Waals surface area (Å²) in [5.41, 5.74) is 0.776. The first kappa shape index (κ1) is 19.9. The van der Waals surface area contributed by atoms with Crippen LogP contribution in [-0.4, -0.2) is 30.2 Å². The van der Waals surface area contributed by atoms with Gasteiger partial charge < -0.3 is 4.74 Å². The van der Waals surface area contributed by atoms with Crippen molar-refractivity contribution >= 4 is 29.1 Å². The normalized spacial score (nSPS) is 16.3. The van der Waals surface area contributed by atoms with E-state index < -0.39 is 17.6 Å². The fourth-order valence-electron chi connectivity index (χ4n) is 3.26. The second-order valence-electron chi connectivity index (χ2n) is 6.64. The number of benzene rings is 2. The molecule has 1 aliphatic rings. The fraction of sp³-hybridized carbons (Fsp3) is 0.200. The van der Waals surface area contributed by atoms with E-state index in [1.54, 1.807) is 55.6 Å². The van der Waals surface area contributed by atoms with Gasteiger partial charge in [-0.25, -0.2) is 9.69 Å². The molecule has 0 radical (unpaired) electrons. The fourth-order valence-corrected chi connectivity index (χ4v) is 3.38. The van der Waals surface area contributed by atoms with Crippen molar-refractivity contribution in [2.24, 2.45) is 0 Å². The highest BCUT2D eigenvalue weighted by molar-refractivity contribution is 6.30. The largest absolute Gasteiger partial charge is 0.497 e. The van der Waals surface area contributed by atoms with E-state index in [1.165, 1.54) is 4.68 Å². The molecule has 1 saturated heterocycles. The third kappa shape index (κ3) is 3.72. The first-order valence-corrected chi connectivity index (χ1v) is 9.48. The van der Waals surface area contributed by atoms with Gasteiger partial charge in [0.1, 0.15) is 5.75 Å². The summed E-state index contributed by atoms with van der Waals surface area (Å²) in [5.74, 6) is -0.0515. The summed E-state index contributed by atoms with van der Waals surface area (Å²) < 4.78 is 11.5. The summed E-state index contributed by atoms with van der Waals surface area (Å²) in [5, 5.41) is 6.03. The van der Waals surface area contributed by atoms with Gasteiger partial charge in [0.05, 0.1) is 31.8 Å². The van der Waals surface area contributed by atoms with Gasteiger partial charge in [-0.2, -0.15) is 0 Å². The van der Waals surface area contributed by atoms with Gasteiger partial charge in [0.25, 0.3) is 5.91 Å². The zero-order valence-electron chi connectivity index (χ0n) is 15.9. The van der Waals surface area contributed by atoms with Gasteiger partial charge in [0, 0.05) is 17.2 Å². The molecule has 3 aromatic rings. The SMILES string of the molecule is COc1ccc(-[n+]2[nH]oc(=O)c2CNC2CC(=O)N(c3ccc(Cl)cc3)C2=O)cc1. The van der Waals surface area contributed by atoms with E-state index in [0.717, 1.165) is 4.90 Å². The molecule has 154 valence electrons. The Labute approximate surface area is 175 Å². The average molecular weight is 430 g/mol. The number of hydrogen-bond acceptors (Lipinski definition) is 6. The Morgan fingerprint density at radius 2 is 1.87 bits per heavy atom. The summed E-state index contributed by atoms with van der Waals surface area (Å²) in [7, 11) is 1.56. The quantitative estimate of drug-likeness (QED) is 0.452. The lowest BCUT2D eigenvalue weighted by Gasteiger charge is -2.15. The number of rotatable bonds is 6. The lowest BCUT2D eigenvalue weighted by Crippen LogP contribution is -2.44. The van der Waals surface area contributed by atoms with Crippen molar-refractivity contribution in [3.63, 3.8) is 0 Å². The number of H-pyrrole nitrogens is 1. The Morgan fingerprint density at radius 1 is 1.17 bits per heavy atom. The molecule has 30 heavy (non-hydrogen) atoms. The molecule has 2 aromatic carbocycles. The van der Waals surface area contributed by atoms with Gasteiger partial charge in [-0.3, -0.25) is 19.4 Å². The van der Waals surface area contributed by atoms with Crippen LogP contribution in [0.3, 0.4) is 0 Å². The van der Waals surface area contributed by atoms with Crippen LogP contribution in [0.5, 0.6) is 5.75 Å². The average Bonchev–Trinajstić information content (AvgIpc) is 3.26. The van der Waals surface area contributed by atoms with E-state index in [2.05, 4.69) is 10.6 Å². The van der Waals surface area contributed by atoms with Crippen molar-refractivity contribution in [1.82, 2.24) is 10.6 Å². The number of imide groups is 1. The minimum absolute atomic E-state index is 0.0141. The van der Waals surface area contributed by atoms with Crippen molar-refractivity contribution in [3.05, 3.63) is 69.7 Å². The van der Waals surface area contributed by atoms with E-state index in [4.69, 9.17) is 20.9 Å². The third-order valence-electron chi connectivity index (χ3n) is 4.81. The Bertz CT molecular complexity index is 1140. The minimum Gasteiger partial charge on any atom is -0.497 e. The number of halogens is 1. The smallest absolute Gasteiger partial charge is 0.431 e. The number of carbonyl (C=O) groups excluding carboxylic acids is 2. The highest BCUT2D eigenvalue weighted by Crippen LogP contribution is 2.24. The van der Waals surface area contributed by atoms with Crippen molar-refractivity contribution in [2.45, 2.75) is 19.0 Å². The number of methoxy groups -OCH3 is 1. The summed E-state index contributed by atoms with van der Waals surface area (Å²) in [6.07, 6.45) is -0.0141. The first-order valence-electron chi connectivity index (χ1n) is 9.10. The molecular weight excluding hydrogens is 412 g/mol. The standard InChI is InChI=1S/C20H17ClN4O5/c1-29-15-8-6-14(7-9-15)25-17(20(28)30-23-25)11-22-16-10-18(26)24(19(16)27)13-4-2-12(21)3-5-13/h2-9,16,22H,10-11H2,1H3/p+1. The van der Waals surface area contributed by atoms with Gasteiger partial charge in [-0.1, -0.05) is 11.6 Å². The Balaban J connectivity index is 1.51. The Kier molecular flexibility index (Phi) is 5.39. The van der Waals surface area contributed by atoms with Crippen LogP contribution >= 0.6 is 11.6 Å². The maximum absolute atomic E-state index is 12.8. The zero-order valence-corrected chi connectivity index (χ0v) is 16.7. The lowest BCUT2D eigenvalue weighted by atomic mass is 10.2. The molecule has 4 rings (SSSR count). The number of anilines is 1. The van der Waals surface area contributed by atoms with Crippen LogP contribution in [-0.2, 0) is 16.1 Å². The topological polar surface area (TPSA) is 109 Å². The second kappa shape index (κ2) is 8.13. The second-order valence-corrected chi connectivity index (χ2v) is 7.08. The van der Waals surface area contributed by atoms with Crippen molar-refractivity contribution in [3.8, 4) is 11.4 Å². The maximum atomic E-state index is 12.8. The minimum atomic E-state index is -0.758. The highest BCUT2D eigenvalue weighted by atomic mass is 35.5. The molecule has 0 saturated carbocycles. The summed E-state index contributed by atoms with van der Waals surface area (Å²) >= 11 is 5.87. The number of amides is 2. The molecule has 1 fully saturated rings. The number of aromatic amines is 1. The number of carbonyl (C=O) groups is 2. The van der Waals surface area contributed by atoms with Gasteiger partial charge in [-0.15, -0.1) is 0 Å². The number of hydrogen-bond donors (Lipinski definition) is 2. The van der Waals surface area contributed by atoms with Crippen LogP contribution in [0, 0.1) is 0 Å². The van der Waals surface area contributed by atoms with E-state index in [0.29, 0.717) is 22.1 Å². The van der Waals surface area contributed by atoms with Crippen LogP contribution in [0.2, 0.25) is 5.02 Å². The third-order valence-corrected chi connectivity index (χ3v) is 5.07. The molecular formula is C20H18ClN4O5+. The van der Waals surface area contributed by atoms with E-state index in [1.807, 2.05) is 0 Å². The van der Waals surface area contributed by atoms with Crippen LogP contribution < -0.4 is 25.3 Å². The molecule has 2 amide bonds. The maximum Gasteiger partial charge on any atom is 0.431 e. The summed E-state index contributed by atoms with van der Waals surface area (Å²) in [4.78, 5) is 38.4. The summed E-state index contributed by atoms with van der Waals surface area (Å²) in [6.45, 7) is 0.0238. The molecule has 0 spiro atoms. The van der Waals surface area contributed by atoms with Crippen molar-refractivity contribution in [1.29, 1.82) is 0 Å². The highest BCUT2D eigenvalue weighted by Gasteiger charge is 2.40. The molecule has 9 nitrogen and oxygen atoms in total. The molecule has 1 aliphatic heterocycles. The molecule has 10 heteroatoms. The van der Waals surface area contributed by atoms with E-state index in [-0.39, 0.29) is 24.6 Å². The zero-order chi connectivity index (χ0) is 21.3. The molecule has 1 atom stereocenters. The van der Waals surface area contributed by atoms with Gasteiger partial charge in [0.15, 0.2) is 0 Å². The number of aromatic nitrogens is 2. The Hall–Kier alpha value is -3.43. The first-order chi connectivity index (χ1) is 14.5. The van der Waals surface area contributed by atoms with E-state index >= 15 is 0 Å².